The first-order valence-electron chi connectivity index (χ1n) is 8.62. The van der Waals surface area contributed by atoms with Crippen molar-refractivity contribution in [2.24, 2.45) is 0 Å². The lowest BCUT2D eigenvalue weighted by atomic mass is 10.2. The van der Waals surface area contributed by atoms with E-state index in [9.17, 15) is 0 Å². The molecule has 3 aliphatic rings. The maximum atomic E-state index is 6.91. The molecule has 0 atom stereocenters. The minimum Gasteiger partial charge on any atom is -0.378 e. The third kappa shape index (κ3) is 4.87. The highest BCUT2D eigenvalue weighted by molar-refractivity contribution is 6.57. The SMILES string of the molecule is ClC(Cl)=C(C(Cl)=C(N1CCOCC1)N1CCOCC1)N1CCOCC1. The van der Waals surface area contributed by atoms with E-state index in [1.807, 2.05) is 0 Å². The van der Waals surface area contributed by atoms with Crippen LogP contribution in [0.2, 0.25) is 0 Å². The van der Waals surface area contributed by atoms with Gasteiger partial charge in [-0.15, -0.1) is 0 Å². The fraction of sp³-hybridized carbons (Fsp3) is 0.750. The molecule has 0 aromatic carbocycles. The predicted octanol–water partition coefficient (Wildman–Crippen LogP) is 2.04. The van der Waals surface area contributed by atoms with Gasteiger partial charge in [0.05, 0.1) is 45.3 Å². The van der Waals surface area contributed by atoms with Gasteiger partial charge in [-0.3, -0.25) is 0 Å². The topological polar surface area (TPSA) is 37.4 Å². The number of hydrogen-bond acceptors (Lipinski definition) is 6. The molecule has 0 unspecified atom stereocenters. The zero-order chi connectivity index (χ0) is 17.6. The molecule has 3 saturated heterocycles. The van der Waals surface area contributed by atoms with E-state index >= 15 is 0 Å². The van der Waals surface area contributed by atoms with E-state index in [1.165, 1.54) is 0 Å². The molecule has 0 aromatic heterocycles. The molecular formula is C16H24Cl3N3O3. The van der Waals surface area contributed by atoms with Gasteiger partial charge in [0.25, 0.3) is 0 Å². The first-order chi connectivity index (χ1) is 12.2. The third-order valence-electron chi connectivity index (χ3n) is 4.53. The van der Waals surface area contributed by atoms with Crippen molar-refractivity contribution in [3.63, 3.8) is 0 Å². The van der Waals surface area contributed by atoms with E-state index in [2.05, 4.69) is 14.7 Å². The zero-order valence-electron chi connectivity index (χ0n) is 14.2. The molecule has 3 aliphatic heterocycles. The van der Waals surface area contributed by atoms with Crippen molar-refractivity contribution in [1.82, 2.24) is 14.7 Å². The van der Waals surface area contributed by atoms with Gasteiger partial charge >= 0.3 is 0 Å². The largest absolute Gasteiger partial charge is 0.378 e. The van der Waals surface area contributed by atoms with Crippen LogP contribution in [0.5, 0.6) is 0 Å². The van der Waals surface area contributed by atoms with E-state index in [4.69, 9.17) is 49.0 Å². The van der Waals surface area contributed by atoms with Gasteiger partial charge in [0.1, 0.15) is 15.3 Å². The Kier molecular flexibility index (Phi) is 7.39. The number of rotatable bonds is 4. The summed E-state index contributed by atoms with van der Waals surface area (Å²) in [5, 5.41) is 0.589. The Morgan fingerprint density at radius 3 is 1.28 bits per heavy atom. The number of nitrogens with zero attached hydrogens (tertiary/aromatic N) is 3. The van der Waals surface area contributed by atoms with Crippen molar-refractivity contribution in [3.05, 3.63) is 21.0 Å². The Balaban J connectivity index is 1.95. The highest BCUT2D eigenvalue weighted by Gasteiger charge is 2.29. The number of ether oxygens (including phenoxy) is 3. The highest BCUT2D eigenvalue weighted by Crippen LogP contribution is 2.33. The standard InChI is InChI=1S/C16H24Cl3N3O3/c17-13(14(15(18)19)20-1-7-23-8-2-20)16(21-3-9-24-10-4-21)22-5-11-25-12-6-22/h1-12H2. The van der Waals surface area contributed by atoms with Crippen molar-refractivity contribution < 1.29 is 14.2 Å². The van der Waals surface area contributed by atoms with Gasteiger partial charge in [-0.1, -0.05) is 34.8 Å². The number of hydrogen-bond donors (Lipinski definition) is 0. The van der Waals surface area contributed by atoms with Gasteiger partial charge in [0, 0.05) is 39.3 Å². The molecule has 0 amide bonds. The summed E-state index contributed by atoms with van der Waals surface area (Å²) < 4.78 is 16.6. The van der Waals surface area contributed by atoms with Gasteiger partial charge in [-0.25, -0.2) is 0 Å². The van der Waals surface area contributed by atoms with Crippen LogP contribution < -0.4 is 0 Å². The summed E-state index contributed by atoms with van der Waals surface area (Å²) in [6.07, 6.45) is 0. The summed E-state index contributed by atoms with van der Waals surface area (Å²) in [4.78, 5) is 6.62. The van der Waals surface area contributed by atoms with Crippen molar-refractivity contribution >= 4 is 34.8 Å². The molecule has 0 aromatic rings. The minimum atomic E-state index is 0.186. The predicted molar refractivity (Wildman–Crippen MR) is 98.8 cm³/mol. The Morgan fingerprint density at radius 1 is 0.560 bits per heavy atom. The molecule has 9 heteroatoms. The Labute approximate surface area is 163 Å². The molecule has 25 heavy (non-hydrogen) atoms. The molecule has 3 heterocycles. The first-order valence-corrected chi connectivity index (χ1v) is 9.75. The van der Waals surface area contributed by atoms with Crippen molar-refractivity contribution in [2.75, 3.05) is 78.9 Å². The van der Waals surface area contributed by atoms with Gasteiger partial charge in [-0.2, -0.15) is 0 Å². The van der Waals surface area contributed by atoms with Crippen LogP contribution in [0.15, 0.2) is 21.0 Å². The maximum Gasteiger partial charge on any atom is 0.131 e. The van der Waals surface area contributed by atoms with Crippen LogP contribution in [0.4, 0.5) is 0 Å². The van der Waals surface area contributed by atoms with Crippen molar-refractivity contribution in [3.8, 4) is 0 Å². The molecule has 0 radical (unpaired) electrons. The van der Waals surface area contributed by atoms with Gasteiger partial charge in [0.2, 0.25) is 0 Å². The molecule has 3 rings (SSSR count). The second kappa shape index (κ2) is 9.53. The van der Waals surface area contributed by atoms with Crippen LogP contribution in [0, 0.1) is 0 Å². The summed E-state index contributed by atoms with van der Waals surface area (Å²) in [7, 11) is 0. The summed E-state index contributed by atoms with van der Waals surface area (Å²) >= 11 is 19.4. The fourth-order valence-electron chi connectivity index (χ4n) is 3.26. The van der Waals surface area contributed by atoms with Crippen LogP contribution in [0.3, 0.4) is 0 Å². The van der Waals surface area contributed by atoms with Gasteiger partial charge in [-0.05, 0) is 0 Å². The Morgan fingerprint density at radius 2 is 0.920 bits per heavy atom. The third-order valence-corrected chi connectivity index (χ3v) is 5.24. The monoisotopic (exact) mass is 411 g/mol. The smallest absolute Gasteiger partial charge is 0.131 e. The lowest BCUT2D eigenvalue weighted by Gasteiger charge is -2.41. The van der Waals surface area contributed by atoms with Gasteiger partial charge in [0.15, 0.2) is 0 Å². The van der Waals surface area contributed by atoms with E-state index in [1.54, 1.807) is 0 Å². The van der Waals surface area contributed by atoms with Crippen LogP contribution in [0.1, 0.15) is 0 Å². The van der Waals surface area contributed by atoms with E-state index in [0.29, 0.717) is 63.5 Å². The molecule has 142 valence electrons. The van der Waals surface area contributed by atoms with Gasteiger partial charge < -0.3 is 28.9 Å². The lowest BCUT2D eigenvalue weighted by Crippen LogP contribution is -2.47. The fourth-order valence-corrected chi connectivity index (χ4v) is 4.24. The van der Waals surface area contributed by atoms with Crippen LogP contribution >= 0.6 is 34.8 Å². The normalized spacial score (nSPS) is 22.0. The number of allylic oxidation sites excluding steroid dienone is 1. The van der Waals surface area contributed by atoms with Crippen molar-refractivity contribution in [1.29, 1.82) is 0 Å². The summed E-state index contributed by atoms with van der Waals surface area (Å²) in [5.41, 5.74) is 0.682. The first kappa shape index (κ1) is 19.4. The zero-order valence-corrected chi connectivity index (χ0v) is 16.5. The van der Waals surface area contributed by atoms with E-state index < -0.39 is 0 Å². The summed E-state index contributed by atoms with van der Waals surface area (Å²) in [6, 6.07) is 0. The summed E-state index contributed by atoms with van der Waals surface area (Å²) in [5.74, 6) is 0.966. The average Bonchev–Trinajstić information content (AvgIpc) is 2.64. The molecule has 3 fully saturated rings. The molecule has 0 bridgehead atoms. The molecule has 0 spiro atoms. The van der Waals surface area contributed by atoms with Crippen LogP contribution in [-0.4, -0.2) is 93.6 Å². The minimum absolute atomic E-state index is 0.186. The average molecular weight is 413 g/mol. The highest BCUT2D eigenvalue weighted by atomic mass is 35.5. The number of halogens is 3. The quantitative estimate of drug-likeness (QED) is 0.658. The number of morpholine rings is 3. The van der Waals surface area contributed by atoms with Crippen LogP contribution in [-0.2, 0) is 14.2 Å². The molecular weight excluding hydrogens is 389 g/mol. The molecule has 0 N–H and O–H groups in total. The van der Waals surface area contributed by atoms with E-state index in [0.717, 1.165) is 32.0 Å². The maximum absolute atomic E-state index is 6.91. The van der Waals surface area contributed by atoms with Crippen molar-refractivity contribution in [2.45, 2.75) is 0 Å². The molecule has 0 saturated carbocycles. The Bertz CT molecular complexity index is 488. The van der Waals surface area contributed by atoms with E-state index in [-0.39, 0.29) is 4.49 Å². The second-order valence-electron chi connectivity index (χ2n) is 6.04. The molecule has 0 aliphatic carbocycles. The lowest BCUT2D eigenvalue weighted by molar-refractivity contribution is 0.00766. The summed E-state index contributed by atoms with van der Waals surface area (Å²) in [6.45, 7) is 8.61. The molecule has 6 nitrogen and oxygen atoms in total. The second-order valence-corrected chi connectivity index (χ2v) is 7.37. The Hall–Kier alpha value is -0.370. The van der Waals surface area contributed by atoms with Crippen LogP contribution in [0.25, 0.3) is 0 Å².